The van der Waals surface area contributed by atoms with Gasteiger partial charge in [0, 0.05) is 25.4 Å². The van der Waals surface area contributed by atoms with E-state index < -0.39 is 54.4 Å². The van der Waals surface area contributed by atoms with Crippen molar-refractivity contribution >= 4 is 29.3 Å². The lowest BCUT2D eigenvalue weighted by Crippen LogP contribution is -2.53. The number of likely N-dealkylation sites (tertiary alicyclic amines) is 1. The van der Waals surface area contributed by atoms with Gasteiger partial charge in [-0.05, 0) is 43.4 Å². The van der Waals surface area contributed by atoms with Gasteiger partial charge in [0.05, 0.1) is 6.04 Å². The molecule has 0 unspecified atom stereocenters. The van der Waals surface area contributed by atoms with Crippen molar-refractivity contribution in [2.24, 2.45) is 17.3 Å². The Bertz CT molecular complexity index is 855. The summed E-state index contributed by atoms with van der Waals surface area (Å²) in [5, 5.41) is 5.03. The molecule has 2 aliphatic heterocycles. The van der Waals surface area contributed by atoms with Crippen LogP contribution in [0.15, 0.2) is 0 Å². The SMILES string of the molecule is CC(C)CC(=O)C(=O)N1CC2(CC2)C[C@H]1C(=O)N[C@@H](C[C@@H]1CCNC1=O)C(=O)COC(F)(F)F. The lowest BCUT2D eigenvalue weighted by molar-refractivity contribution is -0.321. The maximum absolute atomic E-state index is 13.2. The van der Waals surface area contributed by atoms with Crippen molar-refractivity contribution in [3.63, 3.8) is 0 Å². The molecular formula is C22H30F3N3O6. The van der Waals surface area contributed by atoms with E-state index in [1.165, 1.54) is 4.90 Å². The van der Waals surface area contributed by atoms with E-state index >= 15 is 0 Å². The maximum atomic E-state index is 13.2. The van der Waals surface area contributed by atoms with Gasteiger partial charge >= 0.3 is 6.36 Å². The van der Waals surface area contributed by atoms with Crippen LogP contribution in [-0.4, -0.2) is 72.3 Å². The fraction of sp³-hybridized carbons (Fsp3) is 0.773. The Morgan fingerprint density at radius 3 is 2.44 bits per heavy atom. The minimum absolute atomic E-state index is 0.0311. The number of alkyl halides is 3. The number of hydrogen-bond donors (Lipinski definition) is 2. The van der Waals surface area contributed by atoms with Gasteiger partial charge in [0.15, 0.2) is 5.78 Å². The summed E-state index contributed by atoms with van der Waals surface area (Å²) in [6.07, 6.45) is -2.91. The predicted molar refractivity (Wildman–Crippen MR) is 111 cm³/mol. The standard InChI is InChI=1S/C22H30F3N3O6/c1-12(2)7-16(29)20(33)28-11-21(4-5-21)9-15(28)19(32)27-14(8-13-3-6-26-18(13)31)17(30)10-34-22(23,24)25/h12-15H,3-11H2,1-2H3,(H,26,31)(H,27,32)/t13-,14-,15-/m0/s1. The van der Waals surface area contributed by atoms with Gasteiger partial charge in [-0.3, -0.25) is 28.7 Å². The van der Waals surface area contributed by atoms with Gasteiger partial charge in [0.2, 0.25) is 17.6 Å². The van der Waals surface area contributed by atoms with Crippen LogP contribution < -0.4 is 10.6 Å². The lowest BCUT2D eigenvalue weighted by atomic mass is 9.95. The van der Waals surface area contributed by atoms with Crippen molar-refractivity contribution in [1.29, 1.82) is 0 Å². The summed E-state index contributed by atoms with van der Waals surface area (Å²) in [5.41, 5.74) is -0.250. The van der Waals surface area contributed by atoms with Crippen LogP contribution in [0.5, 0.6) is 0 Å². The average molecular weight is 489 g/mol. The zero-order chi connectivity index (χ0) is 25.3. The normalized spacial score (nSPS) is 24.3. The molecular weight excluding hydrogens is 459 g/mol. The number of hydrogen-bond acceptors (Lipinski definition) is 6. The average Bonchev–Trinajstić information content (AvgIpc) is 3.19. The maximum Gasteiger partial charge on any atom is 0.522 e. The molecule has 9 nitrogen and oxygen atoms in total. The van der Waals surface area contributed by atoms with Gasteiger partial charge in [-0.1, -0.05) is 13.8 Å². The Morgan fingerprint density at radius 2 is 1.91 bits per heavy atom. The number of ether oxygens (including phenoxy) is 1. The summed E-state index contributed by atoms with van der Waals surface area (Å²) in [6, 6.07) is -2.41. The number of amides is 3. The molecule has 0 radical (unpaired) electrons. The highest BCUT2D eigenvalue weighted by Crippen LogP contribution is 2.54. The summed E-state index contributed by atoms with van der Waals surface area (Å²) in [7, 11) is 0. The fourth-order valence-electron chi connectivity index (χ4n) is 4.61. The number of carbonyl (C=O) groups is 5. The van der Waals surface area contributed by atoms with E-state index in [4.69, 9.17) is 0 Å². The first kappa shape index (κ1) is 26.1. The molecule has 190 valence electrons. The third-order valence-electron chi connectivity index (χ3n) is 6.63. The van der Waals surface area contributed by atoms with E-state index in [-0.39, 0.29) is 36.6 Å². The molecule has 34 heavy (non-hydrogen) atoms. The third kappa shape index (κ3) is 6.55. The van der Waals surface area contributed by atoms with Crippen LogP contribution in [0.4, 0.5) is 13.2 Å². The van der Waals surface area contributed by atoms with Crippen LogP contribution in [-0.2, 0) is 28.7 Å². The van der Waals surface area contributed by atoms with Gasteiger partial charge < -0.3 is 15.5 Å². The van der Waals surface area contributed by atoms with Crippen molar-refractivity contribution < 1.29 is 41.9 Å². The van der Waals surface area contributed by atoms with Crippen LogP contribution in [0.25, 0.3) is 0 Å². The van der Waals surface area contributed by atoms with Crippen LogP contribution in [0.1, 0.15) is 52.4 Å². The van der Waals surface area contributed by atoms with Crippen molar-refractivity contribution in [3.8, 4) is 0 Å². The van der Waals surface area contributed by atoms with E-state index in [2.05, 4.69) is 15.4 Å². The smallest absolute Gasteiger partial charge is 0.356 e. The predicted octanol–water partition coefficient (Wildman–Crippen LogP) is 1.10. The Morgan fingerprint density at radius 1 is 1.24 bits per heavy atom. The molecule has 0 aromatic carbocycles. The molecule has 0 bridgehead atoms. The molecule has 3 atom stereocenters. The number of carbonyl (C=O) groups excluding carboxylic acids is 5. The largest absolute Gasteiger partial charge is 0.522 e. The quantitative estimate of drug-likeness (QED) is 0.443. The molecule has 3 aliphatic rings. The van der Waals surface area contributed by atoms with Gasteiger partial charge in [0.25, 0.3) is 5.91 Å². The van der Waals surface area contributed by atoms with Crippen molar-refractivity contribution in [2.45, 2.75) is 70.8 Å². The summed E-state index contributed by atoms with van der Waals surface area (Å²) in [4.78, 5) is 64.0. The molecule has 0 aromatic rings. The molecule has 0 aromatic heterocycles. The van der Waals surface area contributed by atoms with E-state index in [0.29, 0.717) is 19.4 Å². The summed E-state index contributed by atoms with van der Waals surface area (Å²) in [6.45, 7) is 2.88. The van der Waals surface area contributed by atoms with Crippen molar-refractivity contribution in [2.75, 3.05) is 19.7 Å². The number of nitrogens with zero attached hydrogens (tertiary/aromatic N) is 1. The number of ketones is 2. The molecule has 1 aliphatic carbocycles. The molecule has 2 N–H and O–H groups in total. The summed E-state index contributed by atoms with van der Waals surface area (Å²) < 4.78 is 41.0. The van der Waals surface area contributed by atoms with Crippen molar-refractivity contribution in [1.82, 2.24) is 15.5 Å². The molecule has 2 saturated heterocycles. The molecule has 2 heterocycles. The number of rotatable bonds is 10. The molecule has 1 spiro atoms. The third-order valence-corrected chi connectivity index (χ3v) is 6.63. The zero-order valence-electron chi connectivity index (χ0n) is 19.2. The monoisotopic (exact) mass is 489 g/mol. The highest BCUT2D eigenvalue weighted by atomic mass is 19.4. The van der Waals surface area contributed by atoms with Crippen molar-refractivity contribution in [3.05, 3.63) is 0 Å². The highest BCUT2D eigenvalue weighted by molar-refractivity contribution is 6.36. The van der Waals surface area contributed by atoms with E-state index in [1.54, 1.807) is 13.8 Å². The second kappa shape index (κ2) is 10.0. The number of halogens is 3. The molecule has 12 heteroatoms. The summed E-state index contributed by atoms with van der Waals surface area (Å²) in [5.74, 6) is -4.18. The van der Waals surface area contributed by atoms with Crippen LogP contribution >= 0.6 is 0 Å². The van der Waals surface area contributed by atoms with Gasteiger partial charge in [-0.2, -0.15) is 0 Å². The van der Waals surface area contributed by atoms with Gasteiger partial charge in [-0.15, -0.1) is 13.2 Å². The molecule has 3 fully saturated rings. The minimum Gasteiger partial charge on any atom is -0.356 e. The van der Waals surface area contributed by atoms with E-state index in [9.17, 15) is 37.1 Å². The second-order valence-corrected chi connectivity index (χ2v) is 9.95. The number of Topliss-reactive ketones (excluding diaryl/α,β-unsaturated/α-hetero) is 2. The van der Waals surface area contributed by atoms with Gasteiger partial charge in [0.1, 0.15) is 12.6 Å². The first-order valence-electron chi connectivity index (χ1n) is 11.5. The Hall–Kier alpha value is -2.50. The highest BCUT2D eigenvalue weighted by Gasteiger charge is 2.56. The van der Waals surface area contributed by atoms with E-state index in [1.807, 2.05) is 0 Å². The Labute approximate surface area is 195 Å². The second-order valence-electron chi connectivity index (χ2n) is 9.95. The van der Waals surface area contributed by atoms with Crippen LogP contribution in [0.2, 0.25) is 0 Å². The Balaban J connectivity index is 1.73. The van der Waals surface area contributed by atoms with Gasteiger partial charge in [-0.25, -0.2) is 0 Å². The molecule has 1 saturated carbocycles. The molecule has 3 rings (SSSR count). The Kier molecular flexibility index (Phi) is 7.69. The first-order chi connectivity index (χ1) is 15.8. The summed E-state index contributed by atoms with van der Waals surface area (Å²) >= 11 is 0. The first-order valence-corrected chi connectivity index (χ1v) is 11.5. The van der Waals surface area contributed by atoms with Crippen LogP contribution in [0, 0.1) is 17.3 Å². The zero-order valence-corrected chi connectivity index (χ0v) is 19.2. The minimum atomic E-state index is -5.03. The van der Waals surface area contributed by atoms with Crippen LogP contribution in [0.3, 0.4) is 0 Å². The van der Waals surface area contributed by atoms with E-state index in [0.717, 1.165) is 12.8 Å². The number of nitrogens with one attached hydrogen (secondary N) is 2. The lowest BCUT2D eigenvalue weighted by Gasteiger charge is -2.26. The topological polar surface area (TPSA) is 122 Å². The fourth-order valence-corrected chi connectivity index (χ4v) is 4.61. The molecule has 3 amide bonds.